The Morgan fingerprint density at radius 1 is 1.47 bits per heavy atom. The third-order valence-electron chi connectivity index (χ3n) is 3.77. The first-order valence-corrected chi connectivity index (χ1v) is 7.57. The summed E-state index contributed by atoms with van der Waals surface area (Å²) in [5.41, 5.74) is 5.61. The Labute approximate surface area is 121 Å². The first-order valence-electron chi connectivity index (χ1n) is 7.16. The van der Waals surface area contributed by atoms with E-state index in [1.54, 1.807) is 0 Å². The van der Waals surface area contributed by atoms with Gasteiger partial charge in [0.15, 0.2) is 0 Å². The minimum atomic E-state index is 0.0801. The summed E-state index contributed by atoms with van der Waals surface area (Å²) in [6.07, 6.45) is 3.03. The molecule has 0 aromatic carbocycles. The molecule has 110 valence electrons. The first kappa shape index (κ1) is 16.4. The Morgan fingerprint density at radius 2 is 2.11 bits per heavy atom. The second kappa shape index (κ2) is 7.80. The summed E-state index contributed by atoms with van der Waals surface area (Å²) >= 11 is 4.96. The fourth-order valence-electron chi connectivity index (χ4n) is 2.42. The molecule has 1 fully saturated rings. The van der Waals surface area contributed by atoms with Crippen molar-refractivity contribution in [2.24, 2.45) is 17.6 Å². The molecule has 1 aliphatic carbocycles. The minimum absolute atomic E-state index is 0.0801. The predicted molar refractivity (Wildman–Crippen MR) is 81.0 cm³/mol. The number of hydrogen-bond acceptors (Lipinski definition) is 3. The second-order valence-corrected chi connectivity index (χ2v) is 5.83. The van der Waals surface area contributed by atoms with E-state index in [0.29, 0.717) is 36.5 Å². The molecule has 0 bridgehead atoms. The van der Waals surface area contributed by atoms with Crippen LogP contribution in [0.3, 0.4) is 0 Å². The third kappa shape index (κ3) is 5.07. The highest BCUT2D eigenvalue weighted by Crippen LogP contribution is 2.33. The van der Waals surface area contributed by atoms with E-state index < -0.39 is 0 Å². The number of hydrogen-bond donors (Lipinski definition) is 1. The molecule has 19 heavy (non-hydrogen) atoms. The van der Waals surface area contributed by atoms with E-state index in [1.807, 2.05) is 25.7 Å². The Morgan fingerprint density at radius 3 is 2.58 bits per heavy atom. The Balaban J connectivity index is 2.33. The van der Waals surface area contributed by atoms with Crippen molar-refractivity contribution < 1.29 is 9.53 Å². The van der Waals surface area contributed by atoms with Gasteiger partial charge in [0, 0.05) is 32.0 Å². The summed E-state index contributed by atoms with van der Waals surface area (Å²) < 4.78 is 5.51. The molecule has 1 amide bonds. The van der Waals surface area contributed by atoms with Crippen molar-refractivity contribution in [2.75, 3.05) is 19.7 Å². The predicted octanol–water partition coefficient (Wildman–Crippen LogP) is 1.96. The smallest absolute Gasteiger partial charge is 0.222 e. The van der Waals surface area contributed by atoms with E-state index in [9.17, 15) is 4.79 Å². The lowest BCUT2D eigenvalue weighted by molar-refractivity contribution is -0.134. The zero-order valence-electron chi connectivity index (χ0n) is 12.2. The monoisotopic (exact) mass is 286 g/mol. The molecule has 0 spiro atoms. The summed E-state index contributed by atoms with van der Waals surface area (Å²) in [5.74, 6) is 0.778. The van der Waals surface area contributed by atoms with Gasteiger partial charge in [-0.3, -0.25) is 4.79 Å². The number of thiocarbonyl (C=S) groups is 1. The van der Waals surface area contributed by atoms with E-state index in [2.05, 4.69) is 0 Å². The van der Waals surface area contributed by atoms with E-state index >= 15 is 0 Å². The fourth-order valence-corrected chi connectivity index (χ4v) is 2.49. The maximum absolute atomic E-state index is 12.2. The molecule has 2 N–H and O–H groups in total. The highest BCUT2D eigenvalue weighted by molar-refractivity contribution is 7.80. The quantitative estimate of drug-likeness (QED) is 0.693. The Kier molecular flexibility index (Phi) is 6.72. The summed E-state index contributed by atoms with van der Waals surface area (Å²) in [6, 6.07) is 0. The van der Waals surface area contributed by atoms with Gasteiger partial charge in [0.1, 0.15) is 0 Å². The number of carbonyl (C=O) groups is 1. The molecule has 1 saturated carbocycles. The Bertz CT molecular complexity index is 317. The van der Waals surface area contributed by atoms with Gasteiger partial charge in [0.25, 0.3) is 0 Å². The number of nitrogens with zero attached hydrogens (tertiary/aromatic N) is 1. The normalized spacial score (nSPS) is 23.5. The van der Waals surface area contributed by atoms with Gasteiger partial charge in [-0.1, -0.05) is 19.1 Å². The van der Waals surface area contributed by atoms with Crippen LogP contribution in [0.25, 0.3) is 0 Å². The SMILES string of the molecule is CCOC1CC(CC(=O)N(CC)CC(C)C(N)=S)C1. The van der Waals surface area contributed by atoms with Crippen molar-refractivity contribution in [3.8, 4) is 0 Å². The number of amides is 1. The molecule has 0 aromatic rings. The van der Waals surface area contributed by atoms with Gasteiger partial charge >= 0.3 is 0 Å². The molecule has 1 rings (SSSR count). The second-order valence-electron chi connectivity index (χ2n) is 5.35. The van der Waals surface area contributed by atoms with Crippen molar-refractivity contribution >= 4 is 23.1 Å². The topological polar surface area (TPSA) is 55.6 Å². The molecule has 0 heterocycles. The molecule has 0 aromatic heterocycles. The minimum Gasteiger partial charge on any atom is -0.393 e. The maximum Gasteiger partial charge on any atom is 0.222 e. The highest BCUT2D eigenvalue weighted by atomic mass is 32.1. The molecule has 0 aliphatic heterocycles. The van der Waals surface area contributed by atoms with Crippen LogP contribution in [0.2, 0.25) is 0 Å². The van der Waals surface area contributed by atoms with Crippen molar-refractivity contribution in [1.82, 2.24) is 4.90 Å². The van der Waals surface area contributed by atoms with Crippen LogP contribution >= 0.6 is 12.2 Å². The summed E-state index contributed by atoms with van der Waals surface area (Å²) in [6.45, 7) is 8.08. The molecule has 4 nitrogen and oxygen atoms in total. The van der Waals surface area contributed by atoms with Crippen LogP contribution in [0.15, 0.2) is 0 Å². The Hall–Kier alpha value is -0.680. The van der Waals surface area contributed by atoms with E-state index in [0.717, 1.165) is 19.4 Å². The van der Waals surface area contributed by atoms with E-state index in [4.69, 9.17) is 22.7 Å². The van der Waals surface area contributed by atoms with Crippen molar-refractivity contribution in [3.63, 3.8) is 0 Å². The molecular weight excluding hydrogens is 260 g/mol. The van der Waals surface area contributed by atoms with Crippen LogP contribution in [0.1, 0.15) is 40.0 Å². The number of nitrogens with two attached hydrogens (primary N) is 1. The third-order valence-corrected chi connectivity index (χ3v) is 4.17. The van der Waals surface area contributed by atoms with Gasteiger partial charge in [-0.15, -0.1) is 0 Å². The van der Waals surface area contributed by atoms with E-state index in [-0.39, 0.29) is 11.8 Å². The molecule has 5 heteroatoms. The number of carbonyl (C=O) groups excluding carboxylic acids is 1. The van der Waals surface area contributed by atoms with Gasteiger partial charge < -0.3 is 15.4 Å². The van der Waals surface area contributed by atoms with Gasteiger partial charge in [-0.2, -0.15) is 0 Å². The van der Waals surface area contributed by atoms with Crippen molar-refractivity contribution in [1.29, 1.82) is 0 Å². The van der Waals surface area contributed by atoms with E-state index in [1.165, 1.54) is 0 Å². The molecule has 1 unspecified atom stereocenters. The largest absolute Gasteiger partial charge is 0.393 e. The van der Waals surface area contributed by atoms with Gasteiger partial charge in [-0.25, -0.2) is 0 Å². The van der Waals surface area contributed by atoms with Crippen LogP contribution in [0, 0.1) is 11.8 Å². The summed E-state index contributed by atoms with van der Waals surface area (Å²) in [7, 11) is 0. The zero-order valence-corrected chi connectivity index (χ0v) is 13.0. The standard InChI is InChI=1S/C14H26N2O2S/c1-4-16(9-10(3)14(15)19)13(17)8-11-6-12(7-11)18-5-2/h10-12H,4-9H2,1-3H3,(H2,15,19). The van der Waals surface area contributed by atoms with Crippen LogP contribution in [0.4, 0.5) is 0 Å². The summed E-state index contributed by atoms with van der Waals surface area (Å²) in [4.78, 5) is 14.5. The van der Waals surface area contributed by atoms with Crippen LogP contribution < -0.4 is 5.73 Å². The number of ether oxygens (including phenoxy) is 1. The van der Waals surface area contributed by atoms with Crippen molar-refractivity contribution in [3.05, 3.63) is 0 Å². The van der Waals surface area contributed by atoms with Gasteiger partial charge in [0.05, 0.1) is 11.1 Å². The van der Waals surface area contributed by atoms with Crippen LogP contribution in [-0.4, -0.2) is 41.6 Å². The lowest BCUT2D eigenvalue weighted by Crippen LogP contribution is -2.41. The fraction of sp³-hybridized carbons (Fsp3) is 0.857. The van der Waals surface area contributed by atoms with Crippen LogP contribution in [-0.2, 0) is 9.53 Å². The average molecular weight is 286 g/mol. The highest BCUT2D eigenvalue weighted by Gasteiger charge is 2.32. The molecule has 0 radical (unpaired) electrons. The lowest BCUT2D eigenvalue weighted by atomic mass is 9.79. The van der Waals surface area contributed by atoms with Crippen LogP contribution in [0.5, 0.6) is 0 Å². The van der Waals surface area contributed by atoms with Gasteiger partial charge in [0.2, 0.25) is 5.91 Å². The average Bonchev–Trinajstić information content (AvgIpc) is 2.32. The van der Waals surface area contributed by atoms with Crippen molar-refractivity contribution in [2.45, 2.75) is 46.1 Å². The molecule has 0 saturated heterocycles. The zero-order chi connectivity index (χ0) is 14.4. The molecule has 1 atom stereocenters. The lowest BCUT2D eigenvalue weighted by Gasteiger charge is -2.36. The summed E-state index contributed by atoms with van der Waals surface area (Å²) in [5, 5.41) is 0. The number of rotatable bonds is 8. The molecular formula is C14H26N2O2S. The maximum atomic E-state index is 12.2. The van der Waals surface area contributed by atoms with Gasteiger partial charge in [-0.05, 0) is 32.6 Å². The first-order chi connectivity index (χ1) is 8.97. The molecule has 1 aliphatic rings.